The number of benzene rings is 1. The first kappa shape index (κ1) is 16.3. The van der Waals surface area contributed by atoms with Gasteiger partial charge in [0, 0.05) is 11.8 Å². The fourth-order valence-corrected chi connectivity index (χ4v) is 2.17. The van der Waals surface area contributed by atoms with Crippen LogP contribution in [0.3, 0.4) is 0 Å². The van der Waals surface area contributed by atoms with Crippen LogP contribution >= 0.6 is 11.8 Å². The van der Waals surface area contributed by atoms with Crippen molar-refractivity contribution in [2.75, 3.05) is 12.9 Å². The number of carbonyl (C=O) groups is 1. The summed E-state index contributed by atoms with van der Waals surface area (Å²) in [5, 5.41) is 3.65. The highest BCUT2D eigenvalue weighted by Crippen LogP contribution is 2.13. The van der Waals surface area contributed by atoms with Gasteiger partial charge in [0.1, 0.15) is 18.2 Å². The van der Waals surface area contributed by atoms with E-state index in [9.17, 15) is 9.18 Å². The summed E-state index contributed by atoms with van der Waals surface area (Å²) in [5.74, 6) is 0.0833. The maximum absolute atomic E-state index is 12.8. The quantitative estimate of drug-likeness (QED) is 0.831. The molecule has 0 radical (unpaired) electrons. The van der Waals surface area contributed by atoms with E-state index < -0.39 is 0 Å². The van der Waals surface area contributed by atoms with Crippen molar-refractivity contribution < 1.29 is 13.9 Å². The molecular weight excluding hydrogens is 303 g/mol. The number of amides is 1. The summed E-state index contributed by atoms with van der Waals surface area (Å²) < 4.78 is 18.3. The van der Waals surface area contributed by atoms with Crippen LogP contribution in [0.1, 0.15) is 17.3 Å². The molecule has 6 heteroatoms. The molecule has 1 amide bonds. The van der Waals surface area contributed by atoms with E-state index in [0.29, 0.717) is 17.9 Å². The van der Waals surface area contributed by atoms with Crippen LogP contribution in [0, 0.1) is 5.82 Å². The zero-order valence-corrected chi connectivity index (χ0v) is 13.2. The van der Waals surface area contributed by atoms with Crippen LogP contribution in [0.15, 0.2) is 47.6 Å². The first-order valence-corrected chi connectivity index (χ1v) is 8.00. The lowest BCUT2D eigenvalue weighted by molar-refractivity contribution is 0.0926. The second-order valence-corrected chi connectivity index (χ2v) is 5.55. The highest BCUT2D eigenvalue weighted by molar-refractivity contribution is 7.98. The molecule has 1 heterocycles. The normalized spacial score (nSPS) is 11.8. The minimum atomic E-state index is -0.309. The monoisotopic (exact) mass is 320 g/mol. The van der Waals surface area contributed by atoms with Gasteiger partial charge in [-0.3, -0.25) is 4.79 Å². The zero-order valence-electron chi connectivity index (χ0n) is 12.4. The number of ether oxygens (including phenoxy) is 1. The topological polar surface area (TPSA) is 51.2 Å². The number of hydrogen-bond acceptors (Lipinski definition) is 4. The van der Waals surface area contributed by atoms with E-state index in [1.54, 1.807) is 30.5 Å². The van der Waals surface area contributed by atoms with Gasteiger partial charge in [0.05, 0.1) is 11.1 Å². The van der Waals surface area contributed by atoms with Crippen molar-refractivity contribution in [1.82, 2.24) is 10.3 Å². The molecule has 1 N–H and O–H groups in total. The number of nitrogens with one attached hydrogen (secondary N) is 1. The molecule has 0 fully saturated rings. The standard InChI is InChI=1S/C16H17FN2O2S/c1-11(10-21-14-5-3-13(17)4-6-14)19-16(20)12-7-8-18-15(9-12)22-2/h3-9,11H,10H2,1-2H3,(H,19,20). The van der Waals surface area contributed by atoms with Crippen molar-refractivity contribution in [3.63, 3.8) is 0 Å². The molecule has 22 heavy (non-hydrogen) atoms. The smallest absolute Gasteiger partial charge is 0.251 e. The Morgan fingerprint density at radius 1 is 1.36 bits per heavy atom. The van der Waals surface area contributed by atoms with Gasteiger partial charge in [-0.25, -0.2) is 9.37 Å². The summed E-state index contributed by atoms with van der Waals surface area (Å²) >= 11 is 1.48. The fourth-order valence-electron chi connectivity index (χ4n) is 1.76. The van der Waals surface area contributed by atoms with Gasteiger partial charge in [-0.2, -0.15) is 0 Å². The first-order chi connectivity index (χ1) is 10.6. The van der Waals surface area contributed by atoms with Gasteiger partial charge < -0.3 is 10.1 Å². The summed E-state index contributed by atoms with van der Waals surface area (Å²) in [6.45, 7) is 2.15. The maximum Gasteiger partial charge on any atom is 0.251 e. The molecule has 1 aromatic carbocycles. The molecule has 0 bridgehead atoms. The summed E-state index contributed by atoms with van der Waals surface area (Å²) in [6, 6.07) is 9.01. The molecule has 0 aliphatic carbocycles. The Morgan fingerprint density at radius 2 is 2.09 bits per heavy atom. The molecule has 1 aromatic heterocycles. The molecule has 1 atom stereocenters. The molecular formula is C16H17FN2O2S. The van der Waals surface area contributed by atoms with Gasteiger partial charge in [0.25, 0.3) is 5.91 Å². The van der Waals surface area contributed by atoms with Crippen LogP contribution in [0.4, 0.5) is 4.39 Å². The Balaban J connectivity index is 1.86. The Morgan fingerprint density at radius 3 is 2.77 bits per heavy atom. The maximum atomic E-state index is 12.8. The number of aromatic nitrogens is 1. The second kappa shape index (κ2) is 7.79. The van der Waals surface area contributed by atoms with E-state index in [2.05, 4.69) is 10.3 Å². The van der Waals surface area contributed by atoms with Gasteiger partial charge in [-0.15, -0.1) is 11.8 Å². The zero-order chi connectivity index (χ0) is 15.9. The number of nitrogens with zero attached hydrogens (tertiary/aromatic N) is 1. The minimum absolute atomic E-state index is 0.173. The Labute approximate surface area is 133 Å². The van der Waals surface area contributed by atoms with E-state index >= 15 is 0 Å². The Hall–Kier alpha value is -2.08. The van der Waals surface area contributed by atoms with Crippen molar-refractivity contribution in [3.05, 3.63) is 54.0 Å². The molecule has 0 aliphatic rings. The van der Waals surface area contributed by atoms with Gasteiger partial charge in [0.15, 0.2) is 0 Å². The lowest BCUT2D eigenvalue weighted by Crippen LogP contribution is -2.36. The van der Waals surface area contributed by atoms with Gasteiger partial charge in [0.2, 0.25) is 0 Å². The lowest BCUT2D eigenvalue weighted by atomic mass is 10.2. The molecule has 0 saturated heterocycles. The van der Waals surface area contributed by atoms with Gasteiger partial charge in [-0.05, 0) is 49.6 Å². The third-order valence-electron chi connectivity index (χ3n) is 2.90. The second-order valence-electron chi connectivity index (χ2n) is 4.73. The van der Waals surface area contributed by atoms with Crippen molar-refractivity contribution in [3.8, 4) is 5.75 Å². The van der Waals surface area contributed by atoms with Crippen molar-refractivity contribution >= 4 is 17.7 Å². The van der Waals surface area contributed by atoms with Crippen molar-refractivity contribution in [2.45, 2.75) is 18.0 Å². The van der Waals surface area contributed by atoms with Crippen LogP contribution in [0.5, 0.6) is 5.75 Å². The van der Waals surface area contributed by atoms with E-state index in [-0.39, 0.29) is 17.8 Å². The Bertz CT molecular complexity index is 634. The fraction of sp³-hybridized carbons (Fsp3) is 0.250. The molecule has 0 aliphatic heterocycles. The van der Waals surface area contributed by atoms with Crippen molar-refractivity contribution in [1.29, 1.82) is 0 Å². The number of halogens is 1. The summed E-state index contributed by atoms with van der Waals surface area (Å²) in [5.41, 5.74) is 0.563. The first-order valence-electron chi connectivity index (χ1n) is 6.78. The molecule has 0 spiro atoms. The van der Waals surface area contributed by atoms with Crippen LogP contribution in [-0.2, 0) is 0 Å². The number of rotatable bonds is 6. The van der Waals surface area contributed by atoms with Gasteiger partial charge in [-0.1, -0.05) is 0 Å². The Kier molecular flexibility index (Phi) is 5.77. The van der Waals surface area contributed by atoms with Crippen LogP contribution in [0.2, 0.25) is 0 Å². The van der Waals surface area contributed by atoms with Crippen LogP contribution < -0.4 is 10.1 Å². The largest absolute Gasteiger partial charge is 0.491 e. The SMILES string of the molecule is CSc1cc(C(=O)NC(C)COc2ccc(F)cc2)ccn1. The molecule has 1 unspecified atom stereocenters. The number of thioether (sulfide) groups is 1. The summed E-state index contributed by atoms with van der Waals surface area (Å²) in [7, 11) is 0. The highest BCUT2D eigenvalue weighted by atomic mass is 32.2. The predicted molar refractivity (Wildman–Crippen MR) is 84.8 cm³/mol. The predicted octanol–water partition coefficient (Wildman–Crippen LogP) is 3.14. The summed E-state index contributed by atoms with van der Waals surface area (Å²) in [6.07, 6.45) is 3.52. The highest BCUT2D eigenvalue weighted by Gasteiger charge is 2.11. The molecule has 2 rings (SSSR count). The number of hydrogen-bond donors (Lipinski definition) is 1. The van der Waals surface area contributed by atoms with E-state index in [4.69, 9.17) is 4.74 Å². The average Bonchev–Trinajstić information content (AvgIpc) is 2.54. The van der Waals surface area contributed by atoms with Crippen molar-refractivity contribution in [2.24, 2.45) is 0 Å². The molecule has 2 aromatic rings. The van der Waals surface area contributed by atoms with Crippen LogP contribution in [0.25, 0.3) is 0 Å². The van der Waals surface area contributed by atoms with E-state index in [1.807, 2.05) is 13.2 Å². The lowest BCUT2D eigenvalue weighted by Gasteiger charge is -2.15. The third kappa shape index (κ3) is 4.73. The van der Waals surface area contributed by atoms with E-state index in [0.717, 1.165) is 5.03 Å². The number of carbonyl (C=O) groups excluding carboxylic acids is 1. The molecule has 4 nitrogen and oxygen atoms in total. The average molecular weight is 320 g/mol. The van der Waals surface area contributed by atoms with E-state index in [1.165, 1.54) is 23.9 Å². The summed E-state index contributed by atoms with van der Waals surface area (Å²) in [4.78, 5) is 16.3. The molecule has 116 valence electrons. The minimum Gasteiger partial charge on any atom is -0.491 e. The third-order valence-corrected chi connectivity index (χ3v) is 3.54. The van der Waals surface area contributed by atoms with Gasteiger partial charge >= 0.3 is 0 Å². The van der Waals surface area contributed by atoms with Crippen LogP contribution in [-0.4, -0.2) is 29.8 Å². The molecule has 0 saturated carbocycles. The number of pyridine rings is 1.